The van der Waals surface area contributed by atoms with Crippen LogP contribution in [0.4, 0.5) is 4.39 Å². The second kappa shape index (κ2) is 5.83. The maximum Gasteiger partial charge on any atom is 0.251 e. The first kappa shape index (κ1) is 13.5. The molecule has 0 aromatic heterocycles. The molecule has 18 heavy (non-hydrogen) atoms. The van der Waals surface area contributed by atoms with Gasteiger partial charge in [-0.3, -0.25) is 4.79 Å². The summed E-state index contributed by atoms with van der Waals surface area (Å²) in [6.07, 6.45) is 4.18. The van der Waals surface area contributed by atoms with Crippen molar-refractivity contribution in [2.75, 3.05) is 0 Å². The smallest absolute Gasteiger partial charge is 0.251 e. The summed E-state index contributed by atoms with van der Waals surface area (Å²) in [5.41, 5.74) is 1.04. The van der Waals surface area contributed by atoms with Crippen molar-refractivity contribution < 1.29 is 9.18 Å². The molecule has 4 heteroatoms. The van der Waals surface area contributed by atoms with Gasteiger partial charge in [0.1, 0.15) is 5.82 Å². The Kier molecular flexibility index (Phi) is 4.38. The lowest BCUT2D eigenvalue weighted by Crippen LogP contribution is -2.37. The molecule has 0 radical (unpaired) electrons. The van der Waals surface area contributed by atoms with E-state index in [0.717, 1.165) is 25.7 Å². The Morgan fingerprint density at radius 3 is 2.61 bits per heavy atom. The molecular weight excluding hydrogens is 297 g/mol. The van der Waals surface area contributed by atoms with Crippen LogP contribution in [0.2, 0.25) is 0 Å². The van der Waals surface area contributed by atoms with Crippen LogP contribution in [0.1, 0.15) is 41.6 Å². The van der Waals surface area contributed by atoms with Crippen molar-refractivity contribution in [3.63, 3.8) is 0 Å². The van der Waals surface area contributed by atoms with E-state index in [-0.39, 0.29) is 17.8 Å². The highest BCUT2D eigenvalue weighted by atomic mass is 79.9. The third-order valence-electron chi connectivity index (χ3n) is 3.41. The van der Waals surface area contributed by atoms with E-state index in [4.69, 9.17) is 0 Å². The molecule has 0 aliphatic heterocycles. The predicted molar refractivity (Wildman–Crippen MR) is 73.6 cm³/mol. The van der Waals surface area contributed by atoms with E-state index < -0.39 is 0 Å². The van der Waals surface area contributed by atoms with Gasteiger partial charge in [-0.25, -0.2) is 4.39 Å². The van der Waals surface area contributed by atoms with Crippen LogP contribution in [-0.4, -0.2) is 16.8 Å². The number of hydrogen-bond acceptors (Lipinski definition) is 1. The van der Waals surface area contributed by atoms with E-state index in [1.807, 2.05) is 0 Å². The van der Waals surface area contributed by atoms with Gasteiger partial charge in [-0.1, -0.05) is 15.9 Å². The van der Waals surface area contributed by atoms with Gasteiger partial charge in [-0.2, -0.15) is 0 Å². The standard InChI is InChI=1S/C14H17BrFNO/c1-9-8-10(2-7-13(9)16)14(18)17-12-5-3-11(15)4-6-12/h2,7-8,11-12H,3-6H2,1H3,(H,17,18). The molecule has 98 valence electrons. The fourth-order valence-corrected chi connectivity index (χ4v) is 2.78. The number of halogens is 2. The number of aryl methyl sites for hydroxylation is 1. The lowest BCUT2D eigenvalue weighted by atomic mass is 9.95. The third kappa shape index (κ3) is 3.31. The van der Waals surface area contributed by atoms with Crippen molar-refractivity contribution in [3.05, 3.63) is 35.1 Å². The fraction of sp³-hybridized carbons (Fsp3) is 0.500. The van der Waals surface area contributed by atoms with Crippen molar-refractivity contribution >= 4 is 21.8 Å². The lowest BCUT2D eigenvalue weighted by Gasteiger charge is -2.26. The van der Waals surface area contributed by atoms with Gasteiger partial charge < -0.3 is 5.32 Å². The number of hydrogen-bond donors (Lipinski definition) is 1. The number of rotatable bonds is 2. The summed E-state index contributed by atoms with van der Waals surface area (Å²) in [4.78, 5) is 12.6. The van der Waals surface area contributed by atoms with Gasteiger partial charge in [-0.15, -0.1) is 0 Å². The molecule has 1 aliphatic carbocycles. The Morgan fingerprint density at radius 2 is 2.00 bits per heavy atom. The summed E-state index contributed by atoms with van der Waals surface area (Å²) < 4.78 is 13.1. The highest BCUT2D eigenvalue weighted by Gasteiger charge is 2.21. The van der Waals surface area contributed by atoms with Crippen LogP contribution < -0.4 is 5.32 Å². The summed E-state index contributed by atoms with van der Waals surface area (Å²) >= 11 is 3.59. The maximum absolute atomic E-state index is 13.1. The van der Waals surface area contributed by atoms with E-state index in [2.05, 4.69) is 21.2 Å². The number of carbonyl (C=O) groups excluding carboxylic acids is 1. The van der Waals surface area contributed by atoms with E-state index in [1.165, 1.54) is 12.1 Å². The Labute approximate surface area is 115 Å². The highest BCUT2D eigenvalue weighted by molar-refractivity contribution is 9.09. The molecular formula is C14H17BrFNO. The SMILES string of the molecule is Cc1cc(C(=O)NC2CCC(Br)CC2)ccc1F. The summed E-state index contributed by atoms with van der Waals surface area (Å²) in [6.45, 7) is 1.67. The predicted octanol–water partition coefficient (Wildman–Crippen LogP) is 3.57. The summed E-state index contributed by atoms with van der Waals surface area (Å²) in [6, 6.07) is 4.73. The number of nitrogens with one attached hydrogen (secondary N) is 1. The molecule has 0 atom stereocenters. The topological polar surface area (TPSA) is 29.1 Å². The fourth-order valence-electron chi connectivity index (χ4n) is 2.25. The summed E-state index contributed by atoms with van der Waals surface area (Å²) in [5.74, 6) is -0.373. The van der Waals surface area contributed by atoms with Crippen molar-refractivity contribution in [2.45, 2.75) is 43.5 Å². The highest BCUT2D eigenvalue weighted by Crippen LogP contribution is 2.24. The van der Waals surface area contributed by atoms with Gasteiger partial charge in [0.2, 0.25) is 0 Å². The van der Waals surface area contributed by atoms with Crippen LogP contribution >= 0.6 is 15.9 Å². The average molecular weight is 314 g/mol. The van der Waals surface area contributed by atoms with Crippen LogP contribution in [0.5, 0.6) is 0 Å². The maximum atomic E-state index is 13.1. The summed E-state index contributed by atoms with van der Waals surface area (Å²) in [5, 5.41) is 3.02. The molecule has 0 unspecified atom stereocenters. The molecule has 1 aromatic carbocycles. The Balaban J connectivity index is 1.97. The molecule has 0 bridgehead atoms. The lowest BCUT2D eigenvalue weighted by molar-refractivity contribution is 0.0928. The minimum Gasteiger partial charge on any atom is -0.349 e. The van der Waals surface area contributed by atoms with Crippen LogP contribution in [0.25, 0.3) is 0 Å². The first-order valence-electron chi connectivity index (χ1n) is 6.27. The number of alkyl halides is 1. The van der Waals surface area contributed by atoms with E-state index >= 15 is 0 Å². The molecule has 1 aromatic rings. The van der Waals surface area contributed by atoms with Gasteiger partial charge in [0.15, 0.2) is 0 Å². The molecule has 1 aliphatic rings. The van der Waals surface area contributed by atoms with Crippen molar-refractivity contribution in [2.24, 2.45) is 0 Å². The van der Waals surface area contributed by atoms with E-state index in [9.17, 15) is 9.18 Å². The van der Waals surface area contributed by atoms with E-state index in [1.54, 1.807) is 13.0 Å². The first-order valence-corrected chi connectivity index (χ1v) is 7.19. The second-order valence-electron chi connectivity index (χ2n) is 4.89. The number of amides is 1. The molecule has 1 saturated carbocycles. The monoisotopic (exact) mass is 313 g/mol. The van der Waals surface area contributed by atoms with Crippen LogP contribution in [0.3, 0.4) is 0 Å². The Bertz CT molecular complexity index is 441. The molecule has 0 heterocycles. The average Bonchev–Trinajstić information content (AvgIpc) is 2.35. The number of benzene rings is 1. The molecule has 1 amide bonds. The first-order chi connectivity index (χ1) is 8.56. The molecule has 0 spiro atoms. The van der Waals surface area contributed by atoms with E-state index in [0.29, 0.717) is 16.0 Å². The third-order valence-corrected chi connectivity index (χ3v) is 4.33. The minimum absolute atomic E-state index is 0.101. The zero-order valence-corrected chi connectivity index (χ0v) is 12.0. The van der Waals surface area contributed by atoms with Crippen molar-refractivity contribution in [3.8, 4) is 0 Å². The number of carbonyl (C=O) groups is 1. The van der Waals surface area contributed by atoms with Gasteiger partial charge in [0, 0.05) is 16.4 Å². The molecule has 1 N–H and O–H groups in total. The molecule has 0 saturated heterocycles. The quantitative estimate of drug-likeness (QED) is 0.831. The summed E-state index contributed by atoms with van der Waals surface area (Å²) in [7, 11) is 0. The van der Waals surface area contributed by atoms with Crippen LogP contribution in [0.15, 0.2) is 18.2 Å². The zero-order chi connectivity index (χ0) is 13.1. The van der Waals surface area contributed by atoms with Gasteiger partial charge in [0.05, 0.1) is 0 Å². The zero-order valence-electron chi connectivity index (χ0n) is 10.4. The van der Waals surface area contributed by atoms with Gasteiger partial charge in [-0.05, 0) is 56.4 Å². The van der Waals surface area contributed by atoms with Gasteiger partial charge in [0.25, 0.3) is 5.91 Å². The Morgan fingerprint density at radius 1 is 1.33 bits per heavy atom. The largest absolute Gasteiger partial charge is 0.349 e. The molecule has 1 fully saturated rings. The van der Waals surface area contributed by atoms with Crippen LogP contribution in [0, 0.1) is 12.7 Å². The minimum atomic E-state index is -0.272. The van der Waals surface area contributed by atoms with Gasteiger partial charge >= 0.3 is 0 Å². The normalized spacial score (nSPS) is 23.7. The molecule has 2 rings (SSSR count). The van der Waals surface area contributed by atoms with Crippen LogP contribution in [-0.2, 0) is 0 Å². The second-order valence-corrected chi connectivity index (χ2v) is 6.18. The van der Waals surface area contributed by atoms with Crippen molar-refractivity contribution in [1.29, 1.82) is 0 Å². The van der Waals surface area contributed by atoms with Crippen molar-refractivity contribution in [1.82, 2.24) is 5.32 Å². The Hall–Kier alpha value is -0.900. The molecule has 2 nitrogen and oxygen atoms in total.